The lowest BCUT2D eigenvalue weighted by atomic mass is 10.1. The molecule has 19 heavy (non-hydrogen) atoms. The Balaban J connectivity index is 2.33. The first-order chi connectivity index (χ1) is 9.15. The fraction of sp³-hybridized carbons (Fsp3) is 0.333. The van der Waals surface area contributed by atoms with E-state index in [4.69, 9.17) is 0 Å². The summed E-state index contributed by atoms with van der Waals surface area (Å²) in [4.78, 5) is 4.00. The Morgan fingerprint density at radius 1 is 1.32 bits per heavy atom. The van der Waals surface area contributed by atoms with E-state index in [0.29, 0.717) is 0 Å². The molecule has 0 saturated carbocycles. The quantitative estimate of drug-likeness (QED) is 0.736. The van der Waals surface area contributed by atoms with Gasteiger partial charge in [0.2, 0.25) is 0 Å². The van der Waals surface area contributed by atoms with Gasteiger partial charge < -0.3 is 5.32 Å². The van der Waals surface area contributed by atoms with Crippen LogP contribution in [-0.2, 0) is 0 Å². The summed E-state index contributed by atoms with van der Waals surface area (Å²) in [7, 11) is 0. The van der Waals surface area contributed by atoms with E-state index in [9.17, 15) is 0 Å². The van der Waals surface area contributed by atoms with Crippen LogP contribution in [0, 0.1) is 6.92 Å². The SMILES string of the molecule is CCNC(c1ccc(SC)cc1)c1cc(Br)c(C)s1. The first-order valence-corrected chi connectivity index (χ1v) is 9.12. The summed E-state index contributed by atoms with van der Waals surface area (Å²) in [5.41, 5.74) is 1.33. The highest BCUT2D eigenvalue weighted by atomic mass is 79.9. The van der Waals surface area contributed by atoms with Crippen LogP contribution in [-0.4, -0.2) is 12.8 Å². The van der Waals surface area contributed by atoms with Crippen LogP contribution in [0.25, 0.3) is 0 Å². The molecule has 1 aromatic heterocycles. The van der Waals surface area contributed by atoms with E-state index in [1.807, 2.05) is 11.3 Å². The maximum absolute atomic E-state index is 3.61. The number of thiophene rings is 1. The minimum absolute atomic E-state index is 0.288. The number of benzene rings is 1. The van der Waals surface area contributed by atoms with Crippen LogP contribution in [0.4, 0.5) is 0 Å². The highest BCUT2D eigenvalue weighted by Gasteiger charge is 2.16. The van der Waals surface area contributed by atoms with E-state index in [-0.39, 0.29) is 6.04 Å². The van der Waals surface area contributed by atoms with Crippen LogP contribution in [0.1, 0.15) is 28.3 Å². The number of hydrogen-bond acceptors (Lipinski definition) is 3. The molecule has 0 saturated heterocycles. The van der Waals surface area contributed by atoms with Crippen molar-refractivity contribution in [3.63, 3.8) is 0 Å². The highest BCUT2D eigenvalue weighted by Crippen LogP contribution is 2.34. The Morgan fingerprint density at radius 3 is 2.47 bits per heavy atom. The molecule has 0 radical (unpaired) electrons. The van der Waals surface area contributed by atoms with Crippen LogP contribution in [0.5, 0.6) is 0 Å². The van der Waals surface area contributed by atoms with Gasteiger partial charge in [-0.2, -0.15) is 0 Å². The van der Waals surface area contributed by atoms with Gasteiger partial charge in [-0.1, -0.05) is 19.1 Å². The Kier molecular flexibility index (Phi) is 5.51. The van der Waals surface area contributed by atoms with E-state index in [2.05, 4.69) is 71.7 Å². The second-order valence-corrected chi connectivity index (χ2v) is 7.34. The lowest BCUT2D eigenvalue weighted by Gasteiger charge is -2.17. The summed E-state index contributed by atoms with van der Waals surface area (Å²) in [5.74, 6) is 0. The minimum atomic E-state index is 0.288. The third-order valence-electron chi connectivity index (χ3n) is 3.02. The average Bonchev–Trinajstić information content (AvgIpc) is 2.76. The van der Waals surface area contributed by atoms with Crippen molar-refractivity contribution < 1.29 is 0 Å². The lowest BCUT2D eigenvalue weighted by molar-refractivity contribution is 0.639. The van der Waals surface area contributed by atoms with Gasteiger partial charge in [0.25, 0.3) is 0 Å². The molecule has 4 heteroatoms. The van der Waals surface area contributed by atoms with Gasteiger partial charge in [0.15, 0.2) is 0 Å². The molecular formula is C15H18BrNS2. The summed E-state index contributed by atoms with van der Waals surface area (Å²) >= 11 is 7.24. The van der Waals surface area contributed by atoms with E-state index < -0.39 is 0 Å². The van der Waals surface area contributed by atoms with E-state index in [0.717, 1.165) is 6.54 Å². The third kappa shape index (κ3) is 3.63. The standard InChI is InChI=1S/C15H18BrNS2/c1-4-17-15(14-9-13(16)10(2)19-14)11-5-7-12(18-3)8-6-11/h5-9,15,17H,4H2,1-3H3. The zero-order chi connectivity index (χ0) is 13.8. The molecule has 0 spiro atoms. The predicted octanol–water partition coefficient (Wildman–Crippen LogP) is 5.24. The van der Waals surface area contributed by atoms with Crippen LogP contribution in [0.2, 0.25) is 0 Å². The largest absolute Gasteiger partial charge is 0.306 e. The summed E-state index contributed by atoms with van der Waals surface area (Å²) in [6, 6.07) is 11.4. The van der Waals surface area contributed by atoms with Gasteiger partial charge in [-0.3, -0.25) is 0 Å². The predicted molar refractivity (Wildman–Crippen MR) is 90.5 cm³/mol. The molecule has 1 aromatic carbocycles. The number of aryl methyl sites for hydroxylation is 1. The topological polar surface area (TPSA) is 12.0 Å². The zero-order valence-corrected chi connectivity index (χ0v) is 14.6. The molecule has 2 rings (SSSR count). The maximum Gasteiger partial charge on any atom is 0.0671 e. The number of rotatable bonds is 5. The van der Waals surface area contributed by atoms with Gasteiger partial charge in [-0.05, 0) is 59.4 Å². The van der Waals surface area contributed by atoms with Crippen molar-refractivity contribution in [2.75, 3.05) is 12.8 Å². The molecule has 1 atom stereocenters. The molecule has 0 aliphatic carbocycles. The summed E-state index contributed by atoms with van der Waals surface area (Å²) < 4.78 is 1.20. The molecule has 1 nitrogen and oxygen atoms in total. The molecular weight excluding hydrogens is 338 g/mol. The van der Waals surface area contributed by atoms with Crippen molar-refractivity contribution in [2.45, 2.75) is 24.8 Å². The monoisotopic (exact) mass is 355 g/mol. The van der Waals surface area contributed by atoms with Gasteiger partial charge in [-0.25, -0.2) is 0 Å². The summed E-state index contributed by atoms with van der Waals surface area (Å²) in [6.07, 6.45) is 2.11. The molecule has 0 aliphatic heterocycles. The Hall–Kier alpha value is -0.290. The molecule has 2 aromatic rings. The summed E-state index contributed by atoms with van der Waals surface area (Å²) in [6.45, 7) is 5.26. The van der Waals surface area contributed by atoms with Gasteiger partial charge in [0.1, 0.15) is 0 Å². The van der Waals surface area contributed by atoms with Crippen LogP contribution >= 0.6 is 39.0 Å². The van der Waals surface area contributed by atoms with Crippen LogP contribution in [0.3, 0.4) is 0 Å². The lowest BCUT2D eigenvalue weighted by Crippen LogP contribution is -2.20. The third-order valence-corrected chi connectivity index (χ3v) is 5.96. The number of thioether (sulfide) groups is 1. The smallest absolute Gasteiger partial charge is 0.0671 e. The molecule has 1 heterocycles. The normalized spacial score (nSPS) is 12.6. The fourth-order valence-electron chi connectivity index (χ4n) is 2.01. The average molecular weight is 356 g/mol. The number of hydrogen-bond donors (Lipinski definition) is 1. The first-order valence-electron chi connectivity index (χ1n) is 6.29. The number of nitrogens with one attached hydrogen (secondary N) is 1. The van der Waals surface area contributed by atoms with Crippen LogP contribution in [0.15, 0.2) is 39.7 Å². The molecule has 102 valence electrons. The maximum atomic E-state index is 3.61. The highest BCUT2D eigenvalue weighted by molar-refractivity contribution is 9.10. The Bertz CT molecular complexity index is 514. The second-order valence-electron chi connectivity index (χ2n) is 4.32. The Morgan fingerprint density at radius 2 is 2.00 bits per heavy atom. The number of halogens is 1. The van der Waals surface area contributed by atoms with Crippen molar-refractivity contribution >= 4 is 39.0 Å². The van der Waals surface area contributed by atoms with E-state index in [1.54, 1.807) is 11.8 Å². The first kappa shape index (κ1) is 15.1. The van der Waals surface area contributed by atoms with Gasteiger partial charge in [-0.15, -0.1) is 23.1 Å². The molecule has 1 N–H and O–H groups in total. The van der Waals surface area contributed by atoms with Crippen molar-refractivity contribution in [3.8, 4) is 0 Å². The molecule has 0 bridgehead atoms. The van der Waals surface area contributed by atoms with Crippen LogP contribution < -0.4 is 5.32 Å². The second kappa shape index (κ2) is 6.93. The van der Waals surface area contributed by atoms with Crippen molar-refractivity contribution in [2.24, 2.45) is 0 Å². The van der Waals surface area contributed by atoms with Gasteiger partial charge >= 0.3 is 0 Å². The Labute approximate surface area is 131 Å². The van der Waals surface area contributed by atoms with Gasteiger partial charge in [0.05, 0.1) is 6.04 Å². The molecule has 0 aliphatic rings. The molecule has 0 amide bonds. The van der Waals surface area contributed by atoms with Crippen molar-refractivity contribution in [3.05, 3.63) is 50.1 Å². The molecule has 0 fully saturated rings. The van der Waals surface area contributed by atoms with Crippen molar-refractivity contribution in [1.82, 2.24) is 5.32 Å². The minimum Gasteiger partial charge on any atom is -0.306 e. The summed E-state index contributed by atoms with van der Waals surface area (Å²) in [5, 5.41) is 3.58. The van der Waals surface area contributed by atoms with E-state index >= 15 is 0 Å². The molecule has 1 unspecified atom stereocenters. The van der Waals surface area contributed by atoms with Crippen molar-refractivity contribution in [1.29, 1.82) is 0 Å². The van der Waals surface area contributed by atoms with E-state index in [1.165, 1.54) is 24.7 Å². The zero-order valence-electron chi connectivity index (χ0n) is 11.4. The van der Waals surface area contributed by atoms with Gasteiger partial charge in [0, 0.05) is 19.1 Å². The fourth-order valence-corrected chi connectivity index (χ4v) is 4.08.